The Bertz CT molecular complexity index is 328. The molecule has 0 saturated heterocycles. The fraction of sp³-hybridized carbons (Fsp3) is 0.400. The summed E-state index contributed by atoms with van der Waals surface area (Å²) in [6, 6.07) is 3.21. The van der Waals surface area contributed by atoms with Gasteiger partial charge in [-0.1, -0.05) is 22.9 Å². The zero-order chi connectivity index (χ0) is 10.7. The van der Waals surface area contributed by atoms with Crippen molar-refractivity contribution >= 4 is 15.9 Å². The van der Waals surface area contributed by atoms with Crippen LogP contribution in [0.2, 0.25) is 0 Å². The molecule has 0 heterocycles. The van der Waals surface area contributed by atoms with Gasteiger partial charge >= 0.3 is 0 Å². The first-order valence-electron chi connectivity index (χ1n) is 4.24. The van der Waals surface area contributed by atoms with Gasteiger partial charge in [0.1, 0.15) is 0 Å². The van der Waals surface area contributed by atoms with E-state index in [1.165, 1.54) is 7.11 Å². The Kier molecular flexibility index (Phi) is 3.89. The summed E-state index contributed by atoms with van der Waals surface area (Å²) in [5.74, 6) is -0.451. The molecule has 1 aromatic carbocycles. The summed E-state index contributed by atoms with van der Waals surface area (Å²) in [7, 11) is 1.41. The van der Waals surface area contributed by atoms with Gasteiger partial charge in [-0.25, -0.2) is 4.39 Å². The Labute approximate surface area is 90.8 Å². The third-order valence-corrected chi connectivity index (χ3v) is 2.51. The molecule has 0 bridgehead atoms. The number of ether oxygens (including phenoxy) is 1. The number of rotatable bonds is 3. The van der Waals surface area contributed by atoms with E-state index in [0.717, 1.165) is 4.47 Å². The molecule has 1 atom stereocenters. The lowest BCUT2D eigenvalue weighted by atomic mass is 10.0. The van der Waals surface area contributed by atoms with Gasteiger partial charge in [-0.3, -0.25) is 0 Å². The molecule has 1 rings (SSSR count). The minimum atomic E-state index is -0.405. The SMILES string of the molecule is COc1cc(Br)cc(C(C)CO)c1F. The van der Waals surface area contributed by atoms with Gasteiger partial charge in [0.15, 0.2) is 11.6 Å². The summed E-state index contributed by atoms with van der Waals surface area (Å²) in [5.41, 5.74) is 0.457. The summed E-state index contributed by atoms with van der Waals surface area (Å²) in [5, 5.41) is 8.94. The van der Waals surface area contributed by atoms with Crippen molar-refractivity contribution in [3.05, 3.63) is 28.0 Å². The van der Waals surface area contributed by atoms with Crippen molar-refractivity contribution in [2.45, 2.75) is 12.8 Å². The maximum Gasteiger partial charge on any atom is 0.168 e. The van der Waals surface area contributed by atoms with Crippen LogP contribution >= 0.6 is 15.9 Å². The predicted octanol–water partition coefficient (Wildman–Crippen LogP) is 2.69. The third-order valence-electron chi connectivity index (χ3n) is 2.06. The molecule has 0 aromatic heterocycles. The number of aliphatic hydroxyl groups excluding tert-OH is 1. The summed E-state index contributed by atoms with van der Waals surface area (Å²) < 4.78 is 19.2. The first-order chi connectivity index (χ1) is 6.60. The molecule has 0 aliphatic heterocycles. The van der Waals surface area contributed by atoms with Crippen LogP contribution in [0.1, 0.15) is 18.4 Å². The van der Waals surface area contributed by atoms with Crippen LogP contribution in [0.4, 0.5) is 4.39 Å². The van der Waals surface area contributed by atoms with Gasteiger partial charge in [-0.15, -0.1) is 0 Å². The maximum atomic E-state index is 13.6. The molecule has 1 N–H and O–H groups in total. The molecule has 0 aliphatic carbocycles. The van der Waals surface area contributed by atoms with Crippen molar-refractivity contribution in [1.82, 2.24) is 0 Å². The second kappa shape index (κ2) is 4.75. The number of aliphatic hydroxyl groups is 1. The highest BCUT2D eigenvalue weighted by molar-refractivity contribution is 9.10. The summed E-state index contributed by atoms with van der Waals surface area (Å²) in [4.78, 5) is 0. The Morgan fingerprint density at radius 1 is 1.57 bits per heavy atom. The Morgan fingerprint density at radius 3 is 2.71 bits per heavy atom. The third kappa shape index (κ3) is 2.25. The molecule has 0 spiro atoms. The maximum absolute atomic E-state index is 13.6. The van der Waals surface area contributed by atoms with Gasteiger partial charge < -0.3 is 9.84 Å². The van der Waals surface area contributed by atoms with Crippen LogP contribution in [-0.4, -0.2) is 18.8 Å². The van der Waals surface area contributed by atoms with Gasteiger partial charge in [-0.2, -0.15) is 0 Å². The number of methoxy groups -OCH3 is 1. The normalized spacial score (nSPS) is 12.6. The quantitative estimate of drug-likeness (QED) is 0.908. The fourth-order valence-electron chi connectivity index (χ4n) is 1.19. The molecule has 1 unspecified atom stereocenters. The summed E-state index contributed by atoms with van der Waals surface area (Å²) >= 11 is 3.26. The van der Waals surface area contributed by atoms with Crippen molar-refractivity contribution in [2.24, 2.45) is 0 Å². The lowest BCUT2D eigenvalue weighted by Gasteiger charge is -2.12. The molecular weight excluding hydrogens is 251 g/mol. The first-order valence-corrected chi connectivity index (χ1v) is 5.03. The van der Waals surface area contributed by atoms with E-state index in [1.807, 2.05) is 0 Å². The minimum Gasteiger partial charge on any atom is -0.494 e. The molecule has 14 heavy (non-hydrogen) atoms. The Balaban J connectivity index is 3.21. The molecule has 78 valence electrons. The van der Waals surface area contributed by atoms with Crippen LogP contribution in [0.5, 0.6) is 5.75 Å². The van der Waals surface area contributed by atoms with Crippen molar-refractivity contribution in [1.29, 1.82) is 0 Å². The van der Waals surface area contributed by atoms with Crippen LogP contribution in [-0.2, 0) is 0 Å². The second-order valence-electron chi connectivity index (χ2n) is 3.09. The van der Waals surface area contributed by atoms with E-state index in [1.54, 1.807) is 19.1 Å². The predicted molar refractivity (Wildman–Crippen MR) is 56.2 cm³/mol. The Hall–Kier alpha value is -0.610. The lowest BCUT2D eigenvalue weighted by molar-refractivity contribution is 0.269. The number of benzene rings is 1. The molecule has 0 radical (unpaired) electrons. The zero-order valence-electron chi connectivity index (χ0n) is 8.05. The van der Waals surface area contributed by atoms with E-state index in [2.05, 4.69) is 15.9 Å². The standard InChI is InChI=1S/C10H12BrFO2/c1-6(5-13)8-3-7(11)4-9(14-2)10(8)12/h3-4,6,13H,5H2,1-2H3. The highest BCUT2D eigenvalue weighted by Crippen LogP contribution is 2.30. The largest absolute Gasteiger partial charge is 0.494 e. The van der Waals surface area contributed by atoms with Crippen molar-refractivity contribution in [2.75, 3.05) is 13.7 Å². The molecule has 0 amide bonds. The van der Waals surface area contributed by atoms with Crippen molar-refractivity contribution in [3.63, 3.8) is 0 Å². The van der Waals surface area contributed by atoms with Gasteiger partial charge in [0.25, 0.3) is 0 Å². The van der Waals surface area contributed by atoms with E-state index in [-0.39, 0.29) is 18.3 Å². The monoisotopic (exact) mass is 262 g/mol. The molecular formula is C10H12BrFO2. The van der Waals surface area contributed by atoms with Crippen LogP contribution in [0.15, 0.2) is 16.6 Å². The smallest absolute Gasteiger partial charge is 0.168 e. The van der Waals surface area contributed by atoms with E-state index >= 15 is 0 Å². The van der Waals surface area contributed by atoms with E-state index in [9.17, 15) is 4.39 Å². The zero-order valence-corrected chi connectivity index (χ0v) is 9.64. The van der Waals surface area contributed by atoms with Crippen molar-refractivity contribution < 1.29 is 14.2 Å². The second-order valence-corrected chi connectivity index (χ2v) is 4.01. The van der Waals surface area contributed by atoms with E-state index in [4.69, 9.17) is 9.84 Å². The molecule has 2 nitrogen and oxygen atoms in total. The topological polar surface area (TPSA) is 29.5 Å². The average molecular weight is 263 g/mol. The first kappa shape index (κ1) is 11.5. The Morgan fingerprint density at radius 2 is 2.21 bits per heavy atom. The van der Waals surface area contributed by atoms with Crippen molar-refractivity contribution in [3.8, 4) is 5.75 Å². The van der Waals surface area contributed by atoms with Crippen LogP contribution in [0, 0.1) is 5.82 Å². The van der Waals surface area contributed by atoms with Crippen LogP contribution < -0.4 is 4.74 Å². The lowest BCUT2D eigenvalue weighted by Crippen LogP contribution is -2.03. The van der Waals surface area contributed by atoms with Gasteiger partial charge in [0.2, 0.25) is 0 Å². The van der Waals surface area contributed by atoms with E-state index < -0.39 is 5.82 Å². The molecule has 4 heteroatoms. The molecule has 1 aromatic rings. The molecule has 0 fully saturated rings. The number of halogens is 2. The summed E-state index contributed by atoms with van der Waals surface area (Å²) in [6.07, 6.45) is 0. The van der Waals surface area contributed by atoms with Gasteiger partial charge in [0, 0.05) is 17.0 Å². The van der Waals surface area contributed by atoms with Gasteiger partial charge in [0.05, 0.1) is 7.11 Å². The summed E-state index contributed by atoms with van der Waals surface area (Å²) in [6.45, 7) is 1.67. The van der Waals surface area contributed by atoms with Gasteiger partial charge in [-0.05, 0) is 17.7 Å². The van der Waals surface area contributed by atoms with Crippen LogP contribution in [0.3, 0.4) is 0 Å². The minimum absolute atomic E-state index is 0.0868. The number of hydrogen-bond acceptors (Lipinski definition) is 2. The van der Waals surface area contributed by atoms with E-state index in [0.29, 0.717) is 5.56 Å². The highest BCUT2D eigenvalue weighted by atomic mass is 79.9. The fourth-order valence-corrected chi connectivity index (χ4v) is 1.64. The number of hydrogen-bond donors (Lipinski definition) is 1. The molecule has 0 aliphatic rings. The highest BCUT2D eigenvalue weighted by Gasteiger charge is 2.15. The van der Waals surface area contributed by atoms with Crippen LogP contribution in [0.25, 0.3) is 0 Å². The molecule has 0 saturated carbocycles. The average Bonchev–Trinajstić information content (AvgIpc) is 2.19.